The van der Waals surface area contributed by atoms with Gasteiger partial charge in [0.2, 0.25) is 6.79 Å². The highest BCUT2D eigenvalue weighted by atomic mass is 16.7. The highest BCUT2D eigenvalue weighted by Gasteiger charge is 2.19. The number of aromatic nitrogens is 1. The van der Waals surface area contributed by atoms with Crippen molar-refractivity contribution < 1.29 is 14.3 Å². The Bertz CT molecular complexity index is 817. The summed E-state index contributed by atoms with van der Waals surface area (Å²) in [5.74, 6) is 1.56. The molecule has 3 heterocycles. The van der Waals surface area contributed by atoms with Crippen molar-refractivity contribution in [1.82, 2.24) is 15.2 Å². The Morgan fingerprint density at radius 3 is 2.68 bits per heavy atom. The molecule has 0 aliphatic carbocycles. The molecule has 1 aromatic carbocycles. The van der Waals surface area contributed by atoms with Crippen LogP contribution in [0, 0.1) is 0 Å². The van der Waals surface area contributed by atoms with Gasteiger partial charge >= 0.3 is 0 Å². The van der Waals surface area contributed by atoms with Gasteiger partial charge in [0.25, 0.3) is 5.91 Å². The molecular formula is C21H26N4O3. The summed E-state index contributed by atoms with van der Waals surface area (Å²) in [6.07, 6.45) is 2.72. The fourth-order valence-electron chi connectivity index (χ4n) is 3.50. The van der Waals surface area contributed by atoms with Crippen molar-refractivity contribution in [3.63, 3.8) is 0 Å². The number of ether oxygens (including phenoxy) is 2. The first kappa shape index (κ1) is 18.6. The molecule has 1 saturated heterocycles. The summed E-state index contributed by atoms with van der Waals surface area (Å²) >= 11 is 0. The predicted molar refractivity (Wildman–Crippen MR) is 107 cm³/mol. The van der Waals surface area contributed by atoms with Crippen LogP contribution in [0.1, 0.15) is 29.4 Å². The molecular weight excluding hydrogens is 356 g/mol. The van der Waals surface area contributed by atoms with Crippen molar-refractivity contribution in [1.29, 1.82) is 0 Å². The number of nitrogens with one attached hydrogen (secondary N) is 1. The third-order valence-electron chi connectivity index (χ3n) is 5.10. The second-order valence-corrected chi connectivity index (χ2v) is 7.11. The van der Waals surface area contributed by atoms with Gasteiger partial charge in [0.05, 0.1) is 11.9 Å². The largest absolute Gasteiger partial charge is 0.454 e. The van der Waals surface area contributed by atoms with Gasteiger partial charge in [-0.2, -0.15) is 0 Å². The molecule has 1 fully saturated rings. The van der Waals surface area contributed by atoms with Gasteiger partial charge in [-0.05, 0) is 36.2 Å². The number of hydrogen-bond donors (Lipinski definition) is 1. The number of fused-ring (bicyclic) bond motifs is 1. The van der Waals surface area contributed by atoms with Crippen LogP contribution in [0.25, 0.3) is 0 Å². The monoisotopic (exact) mass is 382 g/mol. The maximum atomic E-state index is 12.0. The van der Waals surface area contributed by atoms with Crippen LogP contribution in [0.3, 0.4) is 0 Å². The number of carbonyl (C=O) groups excluding carboxylic acids is 1. The molecule has 148 valence electrons. The summed E-state index contributed by atoms with van der Waals surface area (Å²) in [5.41, 5.74) is 2.77. The van der Waals surface area contributed by atoms with Gasteiger partial charge in [-0.3, -0.25) is 9.69 Å². The van der Waals surface area contributed by atoms with Crippen LogP contribution in [0.5, 0.6) is 11.5 Å². The molecule has 7 nitrogen and oxygen atoms in total. The normalized spacial score (nSPS) is 16.2. The molecule has 0 unspecified atom stereocenters. The molecule has 7 heteroatoms. The van der Waals surface area contributed by atoms with Gasteiger partial charge < -0.3 is 19.7 Å². The molecule has 28 heavy (non-hydrogen) atoms. The standard InChI is InChI=1S/C21H26N4O3/c1-2-7-22-21(26)18-5-4-17(13-23-18)25-10-8-24(9-11-25)14-16-3-6-19-20(12-16)28-15-27-19/h3-6,12-13H,2,7-11,14-15H2,1H3,(H,22,26). The van der Waals surface area contributed by atoms with Gasteiger partial charge in [0.15, 0.2) is 11.5 Å². The lowest BCUT2D eigenvalue weighted by Crippen LogP contribution is -2.46. The van der Waals surface area contributed by atoms with E-state index in [9.17, 15) is 4.79 Å². The molecule has 2 aromatic rings. The predicted octanol–water partition coefficient (Wildman–Crippen LogP) is 2.27. The average Bonchev–Trinajstić information content (AvgIpc) is 3.20. The molecule has 0 spiro atoms. The van der Waals surface area contributed by atoms with Crippen molar-refractivity contribution in [3.8, 4) is 11.5 Å². The van der Waals surface area contributed by atoms with Crippen LogP contribution >= 0.6 is 0 Å². The minimum atomic E-state index is -0.109. The Labute approximate surface area is 165 Å². The molecule has 1 N–H and O–H groups in total. The zero-order valence-electron chi connectivity index (χ0n) is 16.2. The van der Waals surface area contributed by atoms with E-state index in [1.807, 2.05) is 19.1 Å². The van der Waals surface area contributed by atoms with E-state index in [1.165, 1.54) is 5.56 Å². The van der Waals surface area contributed by atoms with Crippen LogP contribution in [-0.4, -0.2) is 55.3 Å². The van der Waals surface area contributed by atoms with Crippen molar-refractivity contribution in [2.45, 2.75) is 19.9 Å². The van der Waals surface area contributed by atoms with Crippen molar-refractivity contribution >= 4 is 11.6 Å². The maximum Gasteiger partial charge on any atom is 0.269 e. The lowest BCUT2D eigenvalue weighted by Gasteiger charge is -2.36. The Hall–Kier alpha value is -2.80. The highest BCUT2D eigenvalue weighted by Crippen LogP contribution is 2.32. The topological polar surface area (TPSA) is 66.9 Å². The average molecular weight is 382 g/mol. The molecule has 2 aliphatic heterocycles. The maximum absolute atomic E-state index is 12.0. The first-order chi connectivity index (χ1) is 13.7. The molecule has 2 aliphatic rings. The Morgan fingerprint density at radius 2 is 1.93 bits per heavy atom. The smallest absolute Gasteiger partial charge is 0.269 e. The van der Waals surface area contributed by atoms with Crippen LogP contribution in [0.4, 0.5) is 5.69 Å². The van der Waals surface area contributed by atoms with E-state index in [0.29, 0.717) is 19.0 Å². The zero-order chi connectivity index (χ0) is 19.3. The summed E-state index contributed by atoms with van der Waals surface area (Å²) in [5, 5.41) is 2.85. The third kappa shape index (κ3) is 4.20. The summed E-state index contributed by atoms with van der Waals surface area (Å²) in [7, 11) is 0. The molecule has 0 saturated carbocycles. The van der Waals surface area contributed by atoms with Gasteiger partial charge in [0, 0.05) is 39.3 Å². The van der Waals surface area contributed by atoms with Crippen LogP contribution in [0.15, 0.2) is 36.5 Å². The van der Waals surface area contributed by atoms with Crippen LogP contribution in [0.2, 0.25) is 0 Å². The molecule has 1 aromatic heterocycles. The van der Waals surface area contributed by atoms with E-state index >= 15 is 0 Å². The molecule has 0 radical (unpaired) electrons. The molecule has 0 bridgehead atoms. The van der Waals surface area contributed by atoms with E-state index in [-0.39, 0.29) is 5.91 Å². The first-order valence-electron chi connectivity index (χ1n) is 9.83. The number of anilines is 1. The van der Waals surface area contributed by atoms with E-state index in [0.717, 1.165) is 56.3 Å². The first-order valence-corrected chi connectivity index (χ1v) is 9.83. The summed E-state index contributed by atoms with van der Waals surface area (Å²) in [4.78, 5) is 21.1. The summed E-state index contributed by atoms with van der Waals surface area (Å²) in [6, 6.07) is 9.95. The second-order valence-electron chi connectivity index (χ2n) is 7.11. The number of amides is 1. The number of pyridine rings is 1. The molecule has 1 amide bonds. The Balaban J connectivity index is 1.29. The number of rotatable bonds is 6. The third-order valence-corrected chi connectivity index (χ3v) is 5.10. The summed E-state index contributed by atoms with van der Waals surface area (Å²) < 4.78 is 10.8. The van der Waals surface area contributed by atoms with E-state index in [4.69, 9.17) is 9.47 Å². The van der Waals surface area contributed by atoms with E-state index in [1.54, 1.807) is 12.3 Å². The quantitative estimate of drug-likeness (QED) is 0.827. The lowest BCUT2D eigenvalue weighted by molar-refractivity contribution is 0.0948. The number of benzene rings is 1. The molecule has 0 atom stereocenters. The van der Waals surface area contributed by atoms with Crippen molar-refractivity contribution in [2.24, 2.45) is 0 Å². The SMILES string of the molecule is CCCNC(=O)c1ccc(N2CCN(Cc3ccc4c(c3)OCO4)CC2)cn1. The number of piperazine rings is 1. The minimum Gasteiger partial charge on any atom is -0.454 e. The lowest BCUT2D eigenvalue weighted by atomic mass is 10.1. The zero-order valence-corrected chi connectivity index (χ0v) is 16.2. The molecule has 4 rings (SSSR count). The highest BCUT2D eigenvalue weighted by molar-refractivity contribution is 5.92. The van der Waals surface area contributed by atoms with E-state index in [2.05, 4.69) is 32.2 Å². The number of nitrogens with zero attached hydrogens (tertiary/aromatic N) is 3. The fraction of sp³-hybridized carbons (Fsp3) is 0.429. The number of carbonyl (C=O) groups is 1. The van der Waals surface area contributed by atoms with Gasteiger partial charge in [-0.25, -0.2) is 4.98 Å². The Morgan fingerprint density at radius 1 is 1.11 bits per heavy atom. The van der Waals surface area contributed by atoms with Crippen LogP contribution in [-0.2, 0) is 6.54 Å². The van der Waals surface area contributed by atoms with Gasteiger partial charge in [0.1, 0.15) is 5.69 Å². The summed E-state index contributed by atoms with van der Waals surface area (Å²) in [6.45, 7) is 7.75. The van der Waals surface area contributed by atoms with Crippen molar-refractivity contribution in [2.75, 3.05) is 44.4 Å². The van der Waals surface area contributed by atoms with Crippen molar-refractivity contribution in [3.05, 3.63) is 47.8 Å². The van der Waals surface area contributed by atoms with Gasteiger partial charge in [-0.15, -0.1) is 0 Å². The fourth-order valence-corrected chi connectivity index (χ4v) is 3.50. The minimum absolute atomic E-state index is 0.109. The van der Waals surface area contributed by atoms with Gasteiger partial charge in [-0.1, -0.05) is 13.0 Å². The van der Waals surface area contributed by atoms with Crippen LogP contribution < -0.4 is 19.7 Å². The second kappa shape index (κ2) is 8.48. The number of hydrogen-bond acceptors (Lipinski definition) is 6. The Kier molecular flexibility index (Phi) is 5.62. The van der Waals surface area contributed by atoms with E-state index < -0.39 is 0 Å².